The number of carbonyl (C=O) groups excluding carboxylic acids is 1. The van der Waals surface area contributed by atoms with Crippen molar-refractivity contribution in [2.75, 3.05) is 6.54 Å². The molecule has 0 atom stereocenters. The van der Waals surface area contributed by atoms with Gasteiger partial charge in [-0.25, -0.2) is 4.98 Å². The van der Waals surface area contributed by atoms with Crippen LogP contribution in [0.3, 0.4) is 0 Å². The molecule has 0 bridgehead atoms. The summed E-state index contributed by atoms with van der Waals surface area (Å²) in [6.45, 7) is 0.240. The number of aromatic nitrogens is 1. The molecule has 2 heterocycles. The fourth-order valence-electron chi connectivity index (χ4n) is 1.73. The Bertz CT molecular complexity index is 634. The first kappa shape index (κ1) is 15.6. The second kappa shape index (κ2) is 6.77. The van der Waals surface area contributed by atoms with Crippen LogP contribution in [-0.2, 0) is 9.59 Å². The summed E-state index contributed by atoms with van der Waals surface area (Å²) in [5.74, 6) is -1.92. The number of thiocarbonyl (C=S) groups is 1. The summed E-state index contributed by atoms with van der Waals surface area (Å²) >= 11 is 6.16. The molecule has 1 amide bonds. The Labute approximate surface area is 129 Å². The van der Waals surface area contributed by atoms with Crippen LogP contribution in [-0.4, -0.2) is 37.7 Å². The second-order valence-corrected chi connectivity index (χ2v) is 5.89. The third-order valence-electron chi connectivity index (χ3n) is 2.72. The van der Waals surface area contributed by atoms with Crippen molar-refractivity contribution in [3.05, 3.63) is 34.7 Å². The maximum Gasteiger partial charge on any atom is 0.303 e. The summed E-state index contributed by atoms with van der Waals surface area (Å²) < 4.78 is 13.8. The fraction of sp³-hybridized carbons (Fsp3) is 0.231. The van der Waals surface area contributed by atoms with Crippen LogP contribution in [0.2, 0.25) is 0 Å². The molecule has 1 aliphatic rings. The number of nitrogens with zero attached hydrogens (tertiary/aromatic N) is 2. The van der Waals surface area contributed by atoms with Crippen molar-refractivity contribution < 1.29 is 19.1 Å². The van der Waals surface area contributed by atoms with E-state index in [0.717, 1.165) is 11.8 Å². The van der Waals surface area contributed by atoms with Crippen molar-refractivity contribution in [2.45, 2.75) is 12.8 Å². The average Bonchev–Trinajstić information content (AvgIpc) is 2.68. The molecule has 0 saturated carbocycles. The van der Waals surface area contributed by atoms with E-state index in [1.54, 1.807) is 6.07 Å². The third kappa shape index (κ3) is 3.85. The number of thioether (sulfide) groups is 1. The highest BCUT2D eigenvalue weighted by molar-refractivity contribution is 8.26. The van der Waals surface area contributed by atoms with E-state index in [-0.39, 0.29) is 24.4 Å². The Hall–Kier alpha value is -1.80. The largest absolute Gasteiger partial charge is 0.481 e. The van der Waals surface area contributed by atoms with Crippen molar-refractivity contribution >= 4 is 46.3 Å². The van der Waals surface area contributed by atoms with Gasteiger partial charge in [-0.2, -0.15) is 4.39 Å². The summed E-state index contributed by atoms with van der Waals surface area (Å²) in [6.07, 6.45) is 3.01. The van der Waals surface area contributed by atoms with E-state index in [4.69, 9.17) is 17.3 Å². The van der Waals surface area contributed by atoms with Crippen LogP contribution < -0.4 is 0 Å². The van der Waals surface area contributed by atoms with E-state index >= 15 is 0 Å². The number of hydrogen-bond donors (Lipinski definition) is 1. The van der Waals surface area contributed by atoms with E-state index in [1.165, 1.54) is 23.2 Å². The first-order valence-electron chi connectivity index (χ1n) is 6.06. The van der Waals surface area contributed by atoms with Gasteiger partial charge in [0, 0.05) is 24.7 Å². The summed E-state index contributed by atoms with van der Waals surface area (Å²) in [5, 5.41) is 8.60. The van der Waals surface area contributed by atoms with Gasteiger partial charge in [0.2, 0.25) is 5.95 Å². The predicted octanol–water partition coefficient (Wildman–Crippen LogP) is 2.29. The van der Waals surface area contributed by atoms with Crippen molar-refractivity contribution in [3.63, 3.8) is 0 Å². The van der Waals surface area contributed by atoms with Crippen molar-refractivity contribution in [3.8, 4) is 0 Å². The number of carboxylic acids is 1. The number of carbonyl (C=O) groups is 2. The first-order chi connectivity index (χ1) is 9.99. The number of pyridine rings is 1. The monoisotopic (exact) mass is 326 g/mol. The van der Waals surface area contributed by atoms with Crippen LogP contribution in [0.25, 0.3) is 6.08 Å². The van der Waals surface area contributed by atoms with Gasteiger partial charge in [-0.1, -0.05) is 24.0 Å². The van der Waals surface area contributed by atoms with Crippen molar-refractivity contribution in [1.29, 1.82) is 0 Å². The lowest BCUT2D eigenvalue weighted by atomic mass is 10.2. The van der Waals surface area contributed by atoms with Crippen LogP contribution in [0.5, 0.6) is 0 Å². The van der Waals surface area contributed by atoms with Crippen molar-refractivity contribution in [1.82, 2.24) is 9.88 Å². The molecule has 5 nitrogen and oxygen atoms in total. The van der Waals surface area contributed by atoms with E-state index in [0.29, 0.717) is 15.6 Å². The number of aliphatic carboxylic acids is 1. The molecule has 1 N–H and O–H groups in total. The molecule has 0 spiro atoms. The van der Waals surface area contributed by atoms with Gasteiger partial charge in [0.15, 0.2) is 0 Å². The lowest BCUT2D eigenvalue weighted by Crippen LogP contribution is -2.29. The molecule has 8 heteroatoms. The van der Waals surface area contributed by atoms with Crippen LogP contribution in [0.1, 0.15) is 18.4 Å². The van der Waals surface area contributed by atoms with Gasteiger partial charge < -0.3 is 5.11 Å². The lowest BCUT2D eigenvalue weighted by molar-refractivity contribution is -0.137. The SMILES string of the molecule is O=C(O)CCCN1C(=O)/C(=C/c2cccnc2F)SC1=S. The molecule has 0 unspecified atom stereocenters. The topological polar surface area (TPSA) is 70.5 Å². The van der Waals surface area contributed by atoms with Crippen LogP contribution in [0.4, 0.5) is 4.39 Å². The Morgan fingerprint density at radius 1 is 1.57 bits per heavy atom. The first-order valence-corrected chi connectivity index (χ1v) is 7.29. The number of carboxylic acid groups (broad SMARTS) is 1. The molecule has 1 fully saturated rings. The number of halogens is 1. The van der Waals surface area contributed by atoms with Gasteiger partial charge in [0.05, 0.1) is 4.91 Å². The van der Waals surface area contributed by atoms with Crippen LogP contribution in [0.15, 0.2) is 23.2 Å². The molecule has 0 radical (unpaired) electrons. The standard InChI is InChI=1S/C13H11FN2O3S2/c14-11-8(3-1-5-15-11)7-9-12(19)16(13(20)21-9)6-2-4-10(17)18/h1,3,5,7H,2,4,6H2,(H,17,18)/b9-7-. The lowest BCUT2D eigenvalue weighted by Gasteiger charge is -2.13. The van der Waals surface area contributed by atoms with E-state index in [9.17, 15) is 14.0 Å². The van der Waals surface area contributed by atoms with E-state index < -0.39 is 11.9 Å². The molecule has 0 aromatic carbocycles. The molecule has 21 heavy (non-hydrogen) atoms. The maximum atomic E-state index is 13.5. The zero-order valence-corrected chi connectivity index (χ0v) is 12.4. The highest BCUT2D eigenvalue weighted by Crippen LogP contribution is 2.32. The number of rotatable bonds is 5. The van der Waals surface area contributed by atoms with Gasteiger partial charge in [-0.15, -0.1) is 0 Å². The van der Waals surface area contributed by atoms with E-state index in [1.807, 2.05) is 0 Å². The van der Waals surface area contributed by atoms with Crippen molar-refractivity contribution in [2.24, 2.45) is 0 Å². The van der Waals surface area contributed by atoms with Gasteiger partial charge in [0.25, 0.3) is 5.91 Å². The van der Waals surface area contributed by atoms with Gasteiger partial charge >= 0.3 is 5.97 Å². The minimum atomic E-state index is -0.923. The summed E-state index contributed by atoms with van der Waals surface area (Å²) in [4.78, 5) is 27.8. The van der Waals surface area contributed by atoms with Crippen LogP contribution in [0, 0.1) is 5.95 Å². The third-order valence-corrected chi connectivity index (χ3v) is 4.10. The summed E-state index contributed by atoms with van der Waals surface area (Å²) in [7, 11) is 0. The molecular weight excluding hydrogens is 315 g/mol. The zero-order chi connectivity index (χ0) is 15.4. The molecular formula is C13H11FN2O3S2. The molecule has 110 valence electrons. The molecule has 1 aromatic rings. The van der Waals surface area contributed by atoms with Crippen LogP contribution >= 0.6 is 24.0 Å². The minimum absolute atomic E-state index is 0.0344. The Morgan fingerprint density at radius 3 is 3.00 bits per heavy atom. The van der Waals surface area contributed by atoms with Gasteiger partial charge in [-0.3, -0.25) is 14.5 Å². The van der Waals surface area contributed by atoms with E-state index in [2.05, 4.69) is 4.98 Å². The second-order valence-electron chi connectivity index (χ2n) is 4.21. The van der Waals surface area contributed by atoms with Gasteiger partial charge in [0.1, 0.15) is 4.32 Å². The number of hydrogen-bond acceptors (Lipinski definition) is 5. The zero-order valence-electron chi connectivity index (χ0n) is 10.8. The Balaban J connectivity index is 2.11. The molecule has 2 rings (SSSR count). The molecule has 1 saturated heterocycles. The average molecular weight is 326 g/mol. The quantitative estimate of drug-likeness (QED) is 0.508. The summed E-state index contributed by atoms with van der Waals surface area (Å²) in [6, 6.07) is 3.09. The highest BCUT2D eigenvalue weighted by atomic mass is 32.2. The minimum Gasteiger partial charge on any atom is -0.481 e. The fourth-order valence-corrected chi connectivity index (χ4v) is 3.03. The highest BCUT2D eigenvalue weighted by Gasteiger charge is 2.31. The summed E-state index contributed by atoms with van der Waals surface area (Å²) in [5.41, 5.74) is 0.212. The molecule has 1 aliphatic heterocycles. The predicted molar refractivity (Wildman–Crippen MR) is 80.9 cm³/mol. The Kier molecular flexibility index (Phi) is 5.03. The normalized spacial score (nSPS) is 16.8. The molecule has 1 aromatic heterocycles. The smallest absolute Gasteiger partial charge is 0.303 e. The Morgan fingerprint density at radius 2 is 2.33 bits per heavy atom. The molecule has 0 aliphatic carbocycles. The maximum absolute atomic E-state index is 13.5. The van der Waals surface area contributed by atoms with Gasteiger partial charge in [-0.05, 0) is 24.6 Å². The number of amides is 1.